The van der Waals surface area contributed by atoms with Crippen molar-refractivity contribution in [2.75, 3.05) is 7.05 Å². The molecule has 0 fully saturated rings. The number of halogens is 1. The van der Waals surface area contributed by atoms with Crippen LogP contribution < -0.4 is 0 Å². The summed E-state index contributed by atoms with van der Waals surface area (Å²) in [6, 6.07) is 8.44. The quantitative estimate of drug-likeness (QED) is 0.528. The highest BCUT2D eigenvalue weighted by Crippen LogP contribution is 2.33. The van der Waals surface area contributed by atoms with Gasteiger partial charge in [-0.15, -0.1) is 0 Å². The third-order valence-electron chi connectivity index (χ3n) is 3.08. The van der Waals surface area contributed by atoms with Crippen molar-refractivity contribution < 1.29 is 4.79 Å². The number of hydrogen-bond acceptors (Lipinski definition) is 1. The average Bonchev–Trinajstić information content (AvgIpc) is 2.27. The lowest BCUT2D eigenvalue weighted by molar-refractivity contribution is 0.207. The minimum absolute atomic E-state index is 0.153. The van der Waals surface area contributed by atoms with Crippen LogP contribution >= 0.6 is 11.6 Å². The summed E-state index contributed by atoms with van der Waals surface area (Å²) in [6.45, 7) is 0. The van der Waals surface area contributed by atoms with Crippen LogP contribution in [-0.4, -0.2) is 17.3 Å². The van der Waals surface area contributed by atoms with Gasteiger partial charge in [-0.2, -0.15) is 0 Å². The van der Waals surface area contributed by atoms with E-state index in [0.29, 0.717) is 0 Å². The van der Waals surface area contributed by atoms with E-state index in [1.807, 2.05) is 12.1 Å². The van der Waals surface area contributed by atoms with Crippen LogP contribution in [0.15, 0.2) is 24.3 Å². The highest BCUT2D eigenvalue weighted by Gasteiger charge is 2.25. The first-order valence-electron chi connectivity index (χ1n) is 5.20. The molecule has 1 atom stereocenters. The van der Waals surface area contributed by atoms with Crippen LogP contribution in [-0.2, 0) is 6.42 Å². The van der Waals surface area contributed by atoms with Gasteiger partial charge in [-0.05, 0) is 42.0 Å². The highest BCUT2D eigenvalue weighted by molar-refractivity contribution is 6.62. The van der Waals surface area contributed by atoms with Gasteiger partial charge in [-0.25, -0.2) is 0 Å². The van der Waals surface area contributed by atoms with Gasteiger partial charge in [0, 0.05) is 7.05 Å². The van der Waals surface area contributed by atoms with Crippen molar-refractivity contribution in [2.45, 2.75) is 25.3 Å². The second kappa shape index (κ2) is 4.23. The summed E-state index contributed by atoms with van der Waals surface area (Å²) in [4.78, 5) is 12.8. The van der Waals surface area contributed by atoms with Gasteiger partial charge in [-0.3, -0.25) is 4.79 Å². The van der Waals surface area contributed by atoms with Crippen LogP contribution in [0.5, 0.6) is 0 Å². The fourth-order valence-corrected chi connectivity index (χ4v) is 2.37. The van der Waals surface area contributed by atoms with Gasteiger partial charge in [0.2, 0.25) is 0 Å². The van der Waals surface area contributed by atoms with E-state index >= 15 is 0 Å². The van der Waals surface area contributed by atoms with Crippen LogP contribution in [0.3, 0.4) is 0 Å². The van der Waals surface area contributed by atoms with Crippen molar-refractivity contribution in [2.24, 2.45) is 0 Å². The number of rotatable bonds is 1. The number of nitrogens with zero attached hydrogens (tertiary/aromatic N) is 1. The number of carbonyl (C=O) groups is 1. The third kappa shape index (κ3) is 2.00. The van der Waals surface area contributed by atoms with Gasteiger partial charge >= 0.3 is 5.37 Å². The van der Waals surface area contributed by atoms with E-state index in [0.717, 1.165) is 19.3 Å². The lowest BCUT2D eigenvalue weighted by atomic mass is 9.87. The molecule has 3 heteroatoms. The lowest BCUT2D eigenvalue weighted by Crippen LogP contribution is -2.29. The van der Waals surface area contributed by atoms with Gasteiger partial charge in [0.25, 0.3) is 0 Å². The number of hydrogen-bond donors (Lipinski definition) is 0. The Kier molecular flexibility index (Phi) is 2.96. The van der Waals surface area contributed by atoms with E-state index < -0.39 is 0 Å². The van der Waals surface area contributed by atoms with E-state index in [9.17, 15) is 4.79 Å². The van der Waals surface area contributed by atoms with Gasteiger partial charge in [0.1, 0.15) is 0 Å². The molecule has 1 aromatic rings. The molecule has 1 aliphatic carbocycles. The van der Waals surface area contributed by atoms with Gasteiger partial charge in [0.05, 0.1) is 6.04 Å². The zero-order valence-electron chi connectivity index (χ0n) is 8.74. The van der Waals surface area contributed by atoms with E-state index in [1.165, 1.54) is 11.1 Å². The Morgan fingerprint density at radius 3 is 2.93 bits per heavy atom. The Morgan fingerprint density at radius 1 is 1.47 bits per heavy atom. The van der Waals surface area contributed by atoms with Gasteiger partial charge in [-0.1, -0.05) is 24.3 Å². The van der Waals surface area contributed by atoms with Crippen molar-refractivity contribution in [1.29, 1.82) is 0 Å². The maximum Gasteiger partial charge on any atom is 0.316 e. The molecule has 1 amide bonds. The number of amides is 1. The Hall–Kier alpha value is -1.02. The number of benzene rings is 1. The molecule has 0 N–H and O–H groups in total. The van der Waals surface area contributed by atoms with Crippen LogP contribution in [0.2, 0.25) is 0 Å². The number of carbonyl (C=O) groups excluding carboxylic acids is 1. The summed E-state index contributed by atoms with van der Waals surface area (Å²) in [5.74, 6) is 0. The average molecular weight is 224 g/mol. The first-order chi connectivity index (χ1) is 7.20. The topological polar surface area (TPSA) is 20.3 Å². The van der Waals surface area contributed by atoms with Crippen molar-refractivity contribution >= 4 is 17.0 Å². The first-order valence-corrected chi connectivity index (χ1v) is 5.58. The van der Waals surface area contributed by atoms with Crippen LogP contribution in [0.25, 0.3) is 0 Å². The maximum atomic E-state index is 11.1. The monoisotopic (exact) mass is 223 g/mol. The normalized spacial score (nSPS) is 19.5. The molecule has 1 aliphatic rings. The second-order valence-corrected chi connectivity index (χ2v) is 4.29. The third-order valence-corrected chi connectivity index (χ3v) is 3.35. The molecule has 0 aromatic heterocycles. The highest BCUT2D eigenvalue weighted by atomic mass is 35.5. The predicted molar refractivity (Wildman–Crippen MR) is 61.1 cm³/mol. The molecule has 1 unspecified atom stereocenters. The molecule has 0 aliphatic heterocycles. The number of aryl methyl sites for hydroxylation is 1. The molecule has 1 aromatic carbocycles. The van der Waals surface area contributed by atoms with Crippen LogP contribution in [0.1, 0.15) is 30.0 Å². The summed E-state index contributed by atoms with van der Waals surface area (Å²) < 4.78 is 0. The summed E-state index contributed by atoms with van der Waals surface area (Å²) in [7, 11) is 1.77. The van der Waals surface area contributed by atoms with Crippen molar-refractivity contribution in [3.8, 4) is 0 Å². The van der Waals surface area contributed by atoms with Crippen molar-refractivity contribution in [3.63, 3.8) is 0 Å². The Bertz CT molecular complexity index is 378. The maximum absolute atomic E-state index is 11.1. The molecule has 0 saturated carbocycles. The van der Waals surface area contributed by atoms with Gasteiger partial charge < -0.3 is 4.90 Å². The zero-order chi connectivity index (χ0) is 10.8. The number of fused-ring (bicyclic) bond motifs is 1. The van der Waals surface area contributed by atoms with E-state index in [1.54, 1.807) is 11.9 Å². The molecule has 0 bridgehead atoms. The summed E-state index contributed by atoms with van der Waals surface area (Å²) in [5.41, 5.74) is 2.60. The molecule has 0 saturated heterocycles. The van der Waals surface area contributed by atoms with E-state index in [2.05, 4.69) is 12.1 Å². The van der Waals surface area contributed by atoms with Crippen molar-refractivity contribution in [1.82, 2.24) is 4.90 Å². The Labute approximate surface area is 94.8 Å². The lowest BCUT2D eigenvalue weighted by Gasteiger charge is -2.31. The molecular formula is C12H14ClNO. The SMILES string of the molecule is CN(C(=O)Cl)C1CCCc2ccccc21. The summed E-state index contributed by atoms with van der Waals surface area (Å²) >= 11 is 5.52. The standard InChI is InChI=1S/C12H14ClNO/c1-14(12(13)15)11-8-4-6-9-5-2-3-7-10(9)11/h2-3,5,7,11H,4,6,8H2,1H3. The predicted octanol–water partition coefficient (Wildman–Crippen LogP) is 3.35. The van der Waals surface area contributed by atoms with Crippen LogP contribution in [0.4, 0.5) is 4.79 Å². The molecule has 0 spiro atoms. The molecule has 15 heavy (non-hydrogen) atoms. The Morgan fingerprint density at radius 2 is 2.20 bits per heavy atom. The first kappa shape index (κ1) is 10.5. The molecule has 2 rings (SSSR count). The van der Waals surface area contributed by atoms with Gasteiger partial charge in [0.15, 0.2) is 0 Å². The molecule has 0 radical (unpaired) electrons. The Balaban J connectivity index is 2.33. The van der Waals surface area contributed by atoms with Crippen molar-refractivity contribution in [3.05, 3.63) is 35.4 Å². The largest absolute Gasteiger partial charge is 0.325 e. The fourth-order valence-electron chi connectivity index (χ4n) is 2.25. The molecule has 2 nitrogen and oxygen atoms in total. The second-order valence-electron chi connectivity index (χ2n) is 3.97. The summed E-state index contributed by atoms with van der Waals surface area (Å²) in [6.07, 6.45) is 3.24. The minimum atomic E-state index is -0.378. The van der Waals surface area contributed by atoms with E-state index in [4.69, 9.17) is 11.6 Å². The molecule has 80 valence electrons. The minimum Gasteiger partial charge on any atom is -0.325 e. The van der Waals surface area contributed by atoms with E-state index in [-0.39, 0.29) is 11.4 Å². The fraction of sp³-hybridized carbons (Fsp3) is 0.417. The molecular weight excluding hydrogens is 210 g/mol. The smallest absolute Gasteiger partial charge is 0.316 e. The molecule has 0 heterocycles. The summed E-state index contributed by atoms with van der Waals surface area (Å²) in [5, 5.41) is -0.378. The zero-order valence-corrected chi connectivity index (χ0v) is 9.50. The van der Waals surface area contributed by atoms with Crippen LogP contribution in [0, 0.1) is 0 Å².